The van der Waals surface area contributed by atoms with Crippen molar-refractivity contribution in [1.29, 1.82) is 0 Å². The fourth-order valence-corrected chi connectivity index (χ4v) is 5.17. The number of hydrogen-bond acceptors (Lipinski definition) is 6. The predicted octanol–water partition coefficient (Wildman–Crippen LogP) is 4.95. The van der Waals surface area contributed by atoms with Gasteiger partial charge < -0.3 is 19.7 Å². The Morgan fingerprint density at radius 1 is 0.615 bits per heavy atom. The van der Waals surface area contributed by atoms with E-state index in [0.717, 1.165) is 45.5 Å². The van der Waals surface area contributed by atoms with Gasteiger partial charge in [0.2, 0.25) is 11.6 Å². The zero-order valence-corrected chi connectivity index (χ0v) is 21.0. The SMILES string of the molecule is C=CC(=O)C(O)Oc1ccc(C2(c3ccc(OC(O)C(=O)C=C)cc3)c3ccccc3-c3ccccc32)cc1. The zero-order valence-electron chi connectivity index (χ0n) is 21.0. The van der Waals surface area contributed by atoms with Gasteiger partial charge in [0.15, 0.2) is 0 Å². The van der Waals surface area contributed by atoms with Crippen LogP contribution in [0.15, 0.2) is 122 Å². The number of fused-ring (bicyclic) bond motifs is 3. The molecular formula is C33H26O6. The van der Waals surface area contributed by atoms with Gasteiger partial charge in [-0.3, -0.25) is 9.59 Å². The van der Waals surface area contributed by atoms with E-state index in [1.807, 2.05) is 48.5 Å². The molecule has 0 heterocycles. The van der Waals surface area contributed by atoms with E-state index in [2.05, 4.69) is 37.4 Å². The lowest BCUT2D eigenvalue weighted by atomic mass is 9.68. The summed E-state index contributed by atoms with van der Waals surface area (Å²) in [5.41, 5.74) is 5.53. The molecule has 6 heteroatoms. The van der Waals surface area contributed by atoms with Gasteiger partial charge in [0.1, 0.15) is 11.5 Å². The molecule has 0 aliphatic heterocycles. The van der Waals surface area contributed by atoms with Gasteiger partial charge in [0.05, 0.1) is 5.41 Å². The third-order valence-electron chi connectivity index (χ3n) is 6.91. The average Bonchev–Trinajstić information content (AvgIpc) is 3.28. The highest BCUT2D eigenvalue weighted by Gasteiger charge is 2.45. The summed E-state index contributed by atoms with van der Waals surface area (Å²) < 4.78 is 10.8. The molecular weight excluding hydrogens is 492 g/mol. The molecule has 5 rings (SSSR count). The van der Waals surface area contributed by atoms with Crippen LogP contribution >= 0.6 is 0 Å². The van der Waals surface area contributed by atoms with Crippen molar-refractivity contribution in [2.75, 3.05) is 0 Å². The van der Waals surface area contributed by atoms with Crippen LogP contribution in [0.5, 0.6) is 11.5 Å². The van der Waals surface area contributed by atoms with E-state index in [-0.39, 0.29) is 0 Å². The second-order valence-corrected chi connectivity index (χ2v) is 9.04. The molecule has 0 radical (unpaired) electrons. The number of aliphatic hydroxyl groups excluding tert-OH is 2. The molecule has 0 saturated carbocycles. The molecule has 0 aromatic heterocycles. The monoisotopic (exact) mass is 518 g/mol. The summed E-state index contributed by atoms with van der Waals surface area (Å²) in [6, 6.07) is 30.9. The van der Waals surface area contributed by atoms with Crippen LogP contribution in [-0.2, 0) is 15.0 Å². The summed E-state index contributed by atoms with van der Waals surface area (Å²) in [4.78, 5) is 23.4. The minimum atomic E-state index is -1.63. The second-order valence-electron chi connectivity index (χ2n) is 9.04. The van der Waals surface area contributed by atoms with Crippen molar-refractivity contribution >= 4 is 11.6 Å². The van der Waals surface area contributed by atoms with Crippen molar-refractivity contribution in [3.05, 3.63) is 145 Å². The topological polar surface area (TPSA) is 93.1 Å². The lowest BCUT2D eigenvalue weighted by Crippen LogP contribution is -2.29. The van der Waals surface area contributed by atoms with Gasteiger partial charge in [-0.15, -0.1) is 0 Å². The standard InChI is InChI=1S/C33H26O6/c1-3-29(34)31(36)38-23-17-13-21(14-18-23)33(22-15-19-24(20-16-22)39-32(37)30(35)4-2)27-11-7-5-9-25(27)26-10-6-8-12-28(26)33/h3-20,31-32,36-37H,1-2H2. The second kappa shape index (κ2) is 10.5. The highest BCUT2D eigenvalue weighted by atomic mass is 16.6. The molecule has 4 aromatic carbocycles. The average molecular weight is 519 g/mol. The van der Waals surface area contributed by atoms with Crippen molar-refractivity contribution < 1.29 is 29.3 Å². The minimum absolute atomic E-state index is 0.334. The Morgan fingerprint density at radius 3 is 1.33 bits per heavy atom. The van der Waals surface area contributed by atoms with E-state index in [1.165, 1.54) is 0 Å². The molecule has 0 fully saturated rings. The number of aliphatic hydroxyl groups is 2. The van der Waals surface area contributed by atoms with Crippen LogP contribution in [0, 0.1) is 0 Å². The molecule has 2 N–H and O–H groups in total. The maximum absolute atomic E-state index is 11.7. The Hall–Kier alpha value is -4.78. The maximum atomic E-state index is 11.7. The molecule has 6 nitrogen and oxygen atoms in total. The summed E-state index contributed by atoms with van der Waals surface area (Å²) in [5.74, 6) is -0.589. The number of ketones is 2. The summed E-state index contributed by atoms with van der Waals surface area (Å²) in [7, 11) is 0. The molecule has 0 bridgehead atoms. The van der Waals surface area contributed by atoms with Gasteiger partial charge in [0.25, 0.3) is 12.6 Å². The van der Waals surface area contributed by atoms with Crippen LogP contribution in [0.25, 0.3) is 11.1 Å². The van der Waals surface area contributed by atoms with Crippen LogP contribution in [0.1, 0.15) is 22.3 Å². The number of hydrogen-bond donors (Lipinski definition) is 2. The van der Waals surface area contributed by atoms with Crippen molar-refractivity contribution in [3.8, 4) is 22.6 Å². The number of carbonyl (C=O) groups is 2. The molecule has 2 unspecified atom stereocenters. The van der Waals surface area contributed by atoms with E-state index in [9.17, 15) is 19.8 Å². The summed E-state index contributed by atoms with van der Waals surface area (Å²) in [5, 5.41) is 20.0. The summed E-state index contributed by atoms with van der Waals surface area (Å²) in [6.07, 6.45) is -1.24. The van der Waals surface area contributed by atoms with Crippen LogP contribution < -0.4 is 9.47 Å². The minimum Gasteiger partial charge on any atom is -0.457 e. The Bertz CT molecular complexity index is 1430. The van der Waals surface area contributed by atoms with E-state index in [0.29, 0.717) is 11.5 Å². The van der Waals surface area contributed by atoms with Crippen LogP contribution in [0.4, 0.5) is 0 Å². The first-order valence-electron chi connectivity index (χ1n) is 12.3. The first-order chi connectivity index (χ1) is 18.9. The Morgan fingerprint density at radius 2 is 0.974 bits per heavy atom. The molecule has 1 aliphatic carbocycles. The normalized spacial score (nSPS) is 14.3. The quantitative estimate of drug-likeness (QED) is 0.201. The number of rotatable bonds is 10. The fourth-order valence-electron chi connectivity index (χ4n) is 5.17. The first kappa shape index (κ1) is 25.9. The number of ether oxygens (including phenoxy) is 2. The maximum Gasteiger partial charge on any atom is 0.261 e. The van der Waals surface area contributed by atoms with Gasteiger partial charge in [-0.25, -0.2) is 0 Å². The van der Waals surface area contributed by atoms with Crippen LogP contribution in [0.3, 0.4) is 0 Å². The van der Waals surface area contributed by atoms with Crippen molar-refractivity contribution in [1.82, 2.24) is 0 Å². The predicted molar refractivity (Wildman–Crippen MR) is 147 cm³/mol. The molecule has 0 spiro atoms. The fraction of sp³-hybridized carbons (Fsp3) is 0.0909. The molecule has 1 aliphatic rings. The summed E-state index contributed by atoms with van der Waals surface area (Å²) >= 11 is 0. The number of carbonyl (C=O) groups excluding carboxylic acids is 2. The first-order valence-corrected chi connectivity index (χ1v) is 12.3. The molecule has 194 valence electrons. The van der Waals surface area contributed by atoms with Gasteiger partial charge in [-0.2, -0.15) is 0 Å². The molecule has 4 aromatic rings. The molecule has 0 saturated heterocycles. The molecule has 39 heavy (non-hydrogen) atoms. The van der Waals surface area contributed by atoms with Gasteiger partial charge >= 0.3 is 0 Å². The van der Waals surface area contributed by atoms with Crippen molar-refractivity contribution in [2.24, 2.45) is 0 Å². The van der Waals surface area contributed by atoms with E-state index < -0.39 is 29.6 Å². The Labute approximate surface area is 226 Å². The zero-order chi connectivity index (χ0) is 27.6. The van der Waals surface area contributed by atoms with Crippen LogP contribution in [0.2, 0.25) is 0 Å². The third-order valence-corrected chi connectivity index (χ3v) is 6.91. The van der Waals surface area contributed by atoms with Gasteiger partial charge in [0, 0.05) is 0 Å². The number of benzene rings is 4. The van der Waals surface area contributed by atoms with E-state index in [4.69, 9.17) is 9.47 Å². The Balaban J connectivity index is 1.64. The summed E-state index contributed by atoms with van der Waals surface area (Å²) in [6.45, 7) is 6.75. The highest BCUT2D eigenvalue weighted by Crippen LogP contribution is 2.56. The largest absolute Gasteiger partial charge is 0.457 e. The third kappa shape index (κ3) is 4.46. The van der Waals surface area contributed by atoms with Gasteiger partial charge in [-0.1, -0.05) is 86.0 Å². The lowest BCUT2D eigenvalue weighted by molar-refractivity contribution is -0.136. The lowest BCUT2D eigenvalue weighted by Gasteiger charge is -2.34. The molecule has 0 amide bonds. The van der Waals surface area contributed by atoms with Crippen LogP contribution in [-0.4, -0.2) is 34.4 Å². The highest BCUT2D eigenvalue weighted by molar-refractivity contribution is 5.92. The Kier molecular flexibility index (Phi) is 6.98. The van der Waals surface area contributed by atoms with E-state index >= 15 is 0 Å². The van der Waals surface area contributed by atoms with E-state index in [1.54, 1.807) is 24.3 Å². The molecule has 2 atom stereocenters. The van der Waals surface area contributed by atoms with Gasteiger partial charge in [-0.05, 0) is 69.8 Å². The van der Waals surface area contributed by atoms with Crippen molar-refractivity contribution in [3.63, 3.8) is 0 Å². The smallest absolute Gasteiger partial charge is 0.261 e. The van der Waals surface area contributed by atoms with Crippen molar-refractivity contribution in [2.45, 2.75) is 18.0 Å².